The van der Waals surface area contributed by atoms with Crippen LogP contribution in [-0.4, -0.2) is 51.9 Å². The Bertz CT molecular complexity index is 898. The Hall–Kier alpha value is -3.28. The third-order valence-corrected chi connectivity index (χ3v) is 4.89. The predicted molar refractivity (Wildman–Crippen MR) is 104 cm³/mol. The molecule has 3 aromatic rings. The molecular weight excluding hydrogens is 340 g/mol. The van der Waals surface area contributed by atoms with Gasteiger partial charge in [-0.3, -0.25) is 9.48 Å². The minimum absolute atomic E-state index is 0.0533. The van der Waals surface area contributed by atoms with E-state index in [1.54, 1.807) is 12.3 Å². The molecule has 0 aliphatic carbocycles. The van der Waals surface area contributed by atoms with Gasteiger partial charge in [0.25, 0.3) is 5.91 Å². The number of nitrogens with zero attached hydrogens (tertiary/aromatic N) is 4. The first-order chi connectivity index (χ1) is 13.2. The molecule has 4 rings (SSSR count). The van der Waals surface area contributed by atoms with Crippen LogP contribution in [0.3, 0.4) is 0 Å². The smallest absolute Gasteiger partial charge is 0.253 e. The first-order valence-corrected chi connectivity index (χ1v) is 9.09. The number of phenolic OH excluding ortho intramolecular Hbond substituents is 1. The number of hydrogen-bond donors (Lipinski definition) is 1. The SMILES string of the molecule is O=C(c1ccc(Cn2cccn2)cc1)N1CCN(c2ccccc2O)CC1. The molecule has 2 heterocycles. The molecule has 2 aromatic carbocycles. The highest BCUT2D eigenvalue weighted by molar-refractivity contribution is 5.94. The summed E-state index contributed by atoms with van der Waals surface area (Å²) in [7, 11) is 0. The van der Waals surface area contributed by atoms with E-state index in [0.717, 1.165) is 11.3 Å². The van der Waals surface area contributed by atoms with Gasteiger partial charge in [0.2, 0.25) is 0 Å². The summed E-state index contributed by atoms with van der Waals surface area (Å²) in [6, 6.07) is 17.0. The molecule has 0 saturated carbocycles. The van der Waals surface area contributed by atoms with Crippen molar-refractivity contribution in [1.82, 2.24) is 14.7 Å². The summed E-state index contributed by atoms with van der Waals surface area (Å²) in [5.74, 6) is 0.336. The molecule has 0 atom stereocenters. The van der Waals surface area contributed by atoms with Gasteiger partial charge in [-0.25, -0.2) is 0 Å². The van der Waals surface area contributed by atoms with E-state index in [4.69, 9.17) is 0 Å². The maximum Gasteiger partial charge on any atom is 0.253 e. The van der Waals surface area contributed by atoms with E-state index in [0.29, 0.717) is 38.3 Å². The van der Waals surface area contributed by atoms with E-state index in [2.05, 4.69) is 10.00 Å². The molecule has 1 aliphatic heterocycles. The van der Waals surface area contributed by atoms with Crippen molar-refractivity contribution in [3.8, 4) is 5.75 Å². The maximum absolute atomic E-state index is 12.8. The number of amides is 1. The van der Waals surface area contributed by atoms with Crippen LogP contribution in [0.1, 0.15) is 15.9 Å². The Labute approximate surface area is 158 Å². The van der Waals surface area contributed by atoms with Gasteiger partial charge in [-0.1, -0.05) is 24.3 Å². The number of aromatic hydroxyl groups is 1. The molecule has 0 radical (unpaired) electrons. The zero-order chi connectivity index (χ0) is 18.6. The highest BCUT2D eigenvalue weighted by Crippen LogP contribution is 2.27. The topological polar surface area (TPSA) is 61.6 Å². The van der Waals surface area contributed by atoms with Crippen molar-refractivity contribution < 1.29 is 9.90 Å². The average Bonchev–Trinajstić information content (AvgIpc) is 3.22. The van der Waals surface area contributed by atoms with Crippen molar-refractivity contribution >= 4 is 11.6 Å². The molecule has 0 bridgehead atoms. The maximum atomic E-state index is 12.8. The molecule has 138 valence electrons. The van der Waals surface area contributed by atoms with Crippen LogP contribution in [0.25, 0.3) is 0 Å². The summed E-state index contributed by atoms with van der Waals surface area (Å²) in [5.41, 5.74) is 2.64. The van der Waals surface area contributed by atoms with E-state index < -0.39 is 0 Å². The third-order valence-electron chi connectivity index (χ3n) is 4.89. The number of aromatic nitrogens is 2. The van der Waals surface area contributed by atoms with Crippen LogP contribution < -0.4 is 4.90 Å². The number of benzene rings is 2. The minimum atomic E-state index is 0.0533. The number of phenols is 1. The first-order valence-electron chi connectivity index (χ1n) is 9.09. The number of carbonyl (C=O) groups excluding carboxylic acids is 1. The molecule has 0 unspecified atom stereocenters. The van der Waals surface area contributed by atoms with Gasteiger partial charge < -0.3 is 14.9 Å². The highest BCUT2D eigenvalue weighted by atomic mass is 16.3. The largest absolute Gasteiger partial charge is 0.506 e. The van der Waals surface area contributed by atoms with E-state index in [9.17, 15) is 9.90 Å². The van der Waals surface area contributed by atoms with Crippen molar-refractivity contribution in [3.05, 3.63) is 78.1 Å². The Morgan fingerprint density at radius 2 is 1.70 bits per heavy atom. The van der Waals surface area contributed by atoms with Crippen LogP contribution in [0.15, 0.2) is 67.0 Å². The molecule has 27 heavy (non-hydrogen) atoms. The molecule has 1 aromatic heterocycles. The predicted octanol–water partition coefficient (Wildman–Crippen LogP) is 2.60. The second-order valence-electron chi connectivity index (χ2n) is 6.67. The number of piperazine rings is 1. The molecule has 6 nitrogen and oxygen atoms in total. The Kier molecular flexibility index (Phi) is 4.78. The molecule has 1 N–H and O–H groups in total. The fraction of sp³-hybridized carbons (Fsp3) is 0.238. The lowest BCUT2D eigenvalue weighted by atomic mass is 10.1. The zero-order valence-electron chi connectivity index (χ0n) is 15.0. The Morgan fingerprint density at radius 1 is 0.963 bits per heavy atom. The normalized spacial score (nSPS) is 14.4. The minimum Gasteiger partial charge on any atom is -0.506 e. The molecular formula is C21H22N4O2. The van der Waals surface area contributed by atoms with Crippen LogP contribution in [0.5, 0.6) is 5.75 Å². The fourth-order valence-electron chi connectivity index (χ4n) is 3.40. The van der Waals surface area contributed by atoms with Gasteiger partial charge in [-0.15, -0.1) is 0 Å². The van der Waals surface area contributed by atoms with Gasteiger partial charge in [0.1, 0.15) is 5.75 Å². The standard InChI is InChI=1S/C21H22N4O2/c26-20-5-2-1-4-19(20)23-12-14-24(15-13-23)21(27)18-8-6-17(7-9-18)16-25-11-3-10-22-25/h1-11,26H,12-16H2. The molecule has 0 spiro atoms. The second-order valence-corrected chi connectivity index (χ2v) is 6.67. The van der Waals surface area contributed by atoms with Crippen LogP contribution in [0.2, 0.25) is 0 Å². The van der Waals surface area contributed by atoms with Crippen molar-refractivity contribution in [2.24, 2.45) is 0 Å². The molecule has 1 amide bonds. The zero-order valence-corrected chi connectivity index (χ0v) is 15.0. The molecule has 1 saturated heterocycles. The number of anilines is 1. The van der Waals surface area contributed by atoms with Crippen molar-refractivity contribution in [1.29, 1.82) is 0 Å². The summed E-state index contributed by atoms with van der Waals surface area (Å²) in [6.07, 6.45) is 3.68. The van der Waals surface area contributed by atoms with Gasteiger partial charge in [-0.2, -0.15) is 5.10 Å². The van der Waals surface area contributed by atoms with Crippen molar-refractivity contribution in [3.63, 3.8) is 0 Å². The van der Waals surface area contributed by atoms with Gasteiger partial charge in [0.15, 0.2) is 0 Å². The Morgan fingerprint density at radius 3 is 2.37 bits per heavy atom. The van der Waals surface area contributed by atoms with E-state index >= 15 is 0 Å². The van der Waals surface area contributed by atoms with E-state index in [1.165, 1.54) is 0 Å². The van der Waals surface area contributed by atoms with Gasteiger partial charge in [-0.05, 0) is 35.9 Å². The van der Waals surface area contributed by atoms with Crippen LogP contribution >= 0.6 is 0 Å². The van der Waals surface area contributed by atoms with Crippen LogP contribution in [0, 0.1) is 0 Å². The summed E-state index contributed by atoms with van der Waals surface area (Å²) < 4.78 is 1.86. The van der Waals surface area contributed by atoms with Crippen LogP contribution in [0.4, 0.5) is 5.69 Å². The van der Waals surface area contributed by atoms with Gasteiger partial charge in [0, 0.05) is 44.1 Å². The molecule has 1 fully saturated rings. The van der Waals surface area contributed by atoms with Crippen molar-refractivity contribution in [2.75, 3.05) is 31.1 Å². The van der Waals surface area contributed by atoms with Gasteiger partial charge >= 0.3 is 0 Å². The monoisotopic (exact) mass is 362 g/mol. The molecule has 1 aliphatic rings. The quantitative estimate of drug-likeness (QED) is 0.775. The third kappa shape index (κ3) is 3.79. The molecule has 6 heteroatoms. The highest BCUT2D eigenvalue weighted by Gasteiger charge is 2.23. The summed E-state index contributed by atoms with van der Waals surface area (Å²) in [4.78, 5) is 16.8. The van der Waals surface area contributed by atoms with Gasteiger partial charge in [0.05, 0.1) is 12.2 Å². The fourth-order valence-corrected chi connectivity index (χ4v) is 3.40. The lowest BCUT2D eigenvalue weighted by molar-refractivity contribution is 0.0746. The second kappa shape index (κ2) is 7.53. The summed E-state index contributed by atoms with van der Waals surface area (Å²) in [6.45, 7) is 3.40. The number of para-hydroxylation sites is 2. The van der Waals surface area contributed by atoms with Crippen LogP contribution in [-0.2, 0) is 6.54 Å². The number of rotatable bonds is 4. The first kappa shape index (κ1) is 17.1. The lowest BCUT2D eigenvalue weighted by Crippen LogP contribution is -2.48. The average molecular weight is 362 g/mol. The van der Waals surface area contributed by atoms with Crippen molar-refractivity contribution in [2.45, 2.75) is 6.54 Å². The Balaban J connectivity index is 1.37. The summed E-state index contributed by atoms with van der Waals surface area (Å²) in [5, 5.41) is 14.2. The van der Waals surface area contributed by atoms with E-state index in [-0.39, 0.29) is 11.7 Å². The summed E-state index contributed by atoms with van der Waals surface area (Å²) >= 11 is 0. The number of hydrogen-bond acceptors (Lipinski definition) is 4. The number of carbonyl (C=O) groups is 1. The lowest BCUT2D eigenvalue weighted by Gasteiger charge is -2.36. The van der Waals surface area contributed by atoms with E-state index in [1.807, 2.05) is 64.3 Å².